The number of fused-ring (bicyclic) bond motifs is 1. The minimum absolute atomic E-state index is 0.0936. The highest BCUT2D eigenvalue weighted by atomic mass is 35.5. The summed E-state index contributed by atoms with van der Waals surface area (Å²) in [5.74, 6) is 0. The number of hydrogen-bond acceptors (Lipinski definition) is 4. The lowest BCUT2D eigenvalue weighted by Crippen LogP contribution is -2.07. The zero-order chi connectivity index (χ0) is 14.4. The fraction of sp³-hybridized carbons (Fsp3) is 0.308. The molecule has 1 N–H and O–H groups in total. The van der Waals surface area contributed by atoms with Crippen LogP contribution in [0.4, 0.5) is 0 Å². The smallest absolute Gasteiger partial charge is 0.179 e. The van der Waals surface area contributed by atoms with Gasteiger partial charge in [0.2, 0.25) is 0 Å². The molecule has 0 saturated carbocycles. The highest BCUT2D eigenvalue weighted by Crippen LogP contribution is 2.30. The summed E-state index contributed by atoms with van der Waals surface area (Å²) in [6.07, 6.45) is 1.64. The second-order valence-electron chi connectivity index (χ2n) is 4.68. The first-order chi connectivity index (χ1) is 9.47. The van der Waals surface area contributed by atoms with E-state index in [0.29, 0.717) is 9.79 Å². The zero-order valence-electron chi connectivity index (χ0n) is 11.3. The summed E-state index contributed by atoms with van der Waals surface area (Å²) in [5.41, 5.74) is 2.72. The number of hydrogen-bond donors (Lipinski definition) is 1. The van der Waals surface area contributed by atoms with Crippen LogP contribution in [0.15, 0.2) is 12.3 Å². The summed E-state index contributed by atoms with van der Waals surface area (Å²) < 4.78 is 2.66. The number of aromatic nitrogens is 4. The van der Waals surface area contributed by atoms with Crippen molar-refractivity contribution in [3.63, 3.8) is 0 Å². The lowest BCUT2D eigenvalue weighted by atomic mass is 10.2. The van der Waals surface area contributed by atoms with Gasteiger partial charge in [-0.05, 0) is 39.1 Å². The average Bonchev–Trinajstić information content (AvgIpc) is 2.87. The number of halogens is 1. The minimum Gasteiger partial charge on any atom is -0.329 e. The van der Waals surface area contributed by atoms with Crippen LogP contribution in [0.1, 0.15) is 28.5 Å². The van der Waals surface area contributed by atoms with Gasteiger partial charge in [-0.3, -0.25) is 4.57 Å². The number of nitrogens with zero attached hydrogens (tertiary/aromatic N) is 3. The molecule has 3 rings (SSSR count). The number of nitrogens with one attached hydrogen (secondary N) is 1. The van der Waals surface area contributed by atoms with Crippen molar-refractivity contribution in [2.24, 2.45) is 0 Å². The summed E-state index contributed by atoms with van der Waals surface area (Å²) in [7, 11) is 0. The summed E-state index contributed by atoms with van der Waals surface area (Å²) >= 11 is 13.1. The van der Waals surface area contributed by atoms with Gasteiger partial charge in [0.1, 0.15) is 0 Å². The van der Waals surface area contributed by atoms with Crippen LogP contribution in [0.5, 0.6) is 0 Å². The molecule has 0 aromatic carbocycles. The first kappa shape index (κ1) is 13.7. The summed E-state index contributed by atoms with van der Waals surface area (Å²) in [4.78, 5) is 13.3. The Kier molecular flexibility index (Phi) is 3.40. The van der Waals surface area contributed by atoms with Gasteiger partial charge in [0.15, 0.2) is 10.4 Å². The number of aryl methyl sites for hydroxylation is 2. The number of rotatable bonds is 2. The van der Waals surface area contributed by atoms with Crippen molar-refractivity contribution < 1.29 is 0 Å². The lowest BCUT2D eigenvalue weighted by molar-refractivity contribution is 0.650. The van der Waals surface area contributed by atoms with E-state index in [2.05, 4.69) is 21.9 Å². The quantitative estimate of drug-likeness (QED) is 0.709. The molecular weight excluding hydrogens is 312 g/mol. The van der Waals surface area contributed by atoms with E-state index in [4.69, 9.17) is 23.8 Å². The van der Waals surface area contributed by atoms with Gasteiger partial charge in [0, 0.05) is 6.20 Å². The molecule has 0 amide bonds. The molecule has 20 heavy (non-hydrogen) atoms. The van der Waals surface area contributed by atoms with Gasteiger partial charge in [0.25, 0.3) is 0 Å². The molecule has 1 unspecified atom stereocenters. The molecule has 0 aliphatic rings. The highest BCUT2D eigenvalue weighted by molar-refractivity contribution is 7.71. The number of thiazole rings is 1. The van der Waals surface area contributed by atoms with Crippen LogP contribution in [-0.2, 0) is 0 Å². The Hall–Kier alpha value is -1.24. The molecule has 0 aliphatic carbocycles. The predicted octanol–water partition coefficient (Wildman–Crippen LogP) is 4.43. The van der Waals surface area contributed by atoms with Crippen LogP contribution in [0.25, 0.3) is 11.2 Å². The molecule has 1 atom stereocenters. The van der Waals surface area contributed by atoms with E-state index >= 15 is 0 Å². The van der Waals surface area contributed by atoms with Crippen molar-refractivity contribution in [3.05, 3.63) is 37.6 Å². The Balaban J connectivity index is 2.21. The number of aromatic amines is 1. The van der Waals surface area contributed by atoms with E-state index in [1.807, 2.05) is 24.5 Å². The van der Waals surface area contributed by atoms with Gasteiger partial charge in [-0.15, -0.1) is 11.3 Å². The maximum Gasteiger partial charge on any atom is 0.179 e. The molecule has 0 spiro atoms. The van der Waals surface area contributed by atoms with E-state index in [0.717, 1.165) is 21.9 Å². The van der Waals surface area contributed by atoms with Gasteiger partial charge in [-0.1, -0.05) is 11.6 Å². The Morgan fingerprint density at radius 2 is 2.20 bits per heavy atom. The highest BCUT2D eigenvalue weighted by Gasteiger charge is 2.18. The van der Waals surface area contributed by atoms with Crippen molar-refractivity contribution >= 4 is 46.3 Å². The Morgan fingerprint density at radius 1 is 1.45 bits per heavy atom. The van der Waals surface area contributed by atoms with Gasteiger partial charge in [-0.2, -0.15) is 0 Å². The molecule has 0 fully saturated rings. The van der Waals surface area contributed by atoms with Crippen molar-refractivity contribution in [2.45, 2.75) is 26.8 Å². The Labute approximate surface area is 130 Å². The number of pyridine rings is 1. The normalized spacial score (nSPS) is 13.0. The van der Waals surface area contributed by atoms with Crippen molar-refractivity contribution in [1.82, 2.24) is 19.5 Å². The van der Waals surface area contributed by atoms with E-state index in [1.54, 1.807) is 17.5 Å². The van der Waals surface area contributed by atoms with Crippen molar-refractivity contribution in [3.8, 4) is 0 Å². The maximum absolute atomic E-state index is 5.97. The van der Waals surface area contributed by atoms with Crippen LogP contribution in [0.2, 0.25) is 5.02 Å². The molecule has 104 valence electrons. The van der Waals surface area contributed by atoms with E-state index < -0.39 is 0 Å². The standard InChI is InChI=1S/C13H13ClN4S2/c1-6-11(20-8(3)16-6)7(2)18-12-10(17-13(18)19)4-9(14)5-15-12/h4-5,7H,1-3H3,(H,17,19). The van der Waals surface area contributed by atoms with E-state index in [1.165, 1.54) is 4.88 Å². The number of imidazole rings is 1. The Bertz CT molecular complexity index is 846. The van der Waals surface area contributed by atoms with Gasteiger partial charge >= 0.3 is 0 Å². The maximum atomic E-state index is 5.97. The molecule has 0 aliphatic heterocycles. The van der Waals surface area contributed by atoms with Crippen LogP contribution in [-0.4, -0.2) is 19.5 Å². The van der Waals surface area contributed by atoms with Crippen molar-refractivity contribution in [1.29, 1.82) is 0 Å². The largest absolute Gasteiger partial charge is 0.329 e. The van der Waals surface area contributed by atoms with E-state index in [9.17, 15) is 0 Å². The van der Waals surface area contributed by atoms with Gasteiger partial charge < -0.3 is 4.98 Å². The topological polar surface area (TPSA) is 46.5 Å². The molecular formula is C13H13ClN4S2. The van der Waals surface area contributed by atoms with Crippen molar-refractivity contribution in [2.75, 3.05) is 0 Å². The monoisotopic (exact) mass is 324 g/mol. The van der Waals surface area contributed by atoms with Gasteiger partial charge in [-0.25, -0.2) is 9.97 Å². The summed E-state index contributed by atoms with van der Waals surface area (Å²) in [6, 6.07) is 1.93. The lowest BCUT2D eigenvalue weighted by Gasteiger charge is -2.12. The second kappa shape index (κ2) is 4.95. The van der Waals surface area contributed by atoms with Crippen LogP contribution in [0, 0.1) is 18.6 Å². The molecule has 0 radical (unpaired) electrons. The van der Waals surface area contributed by atoms with Crippen LogP contribution >= 0.6 is 35.2 Å². The molecule has 3 aromatic heterocycles. The number of H-pyrrole nitrogens is 1. The third-order valence-electron chi connectivity index (χ3n) is 3.23. The Morgan fingerprint density at radius 3 is 2.85 bits per heavy atom. The minimum atomic E-state index is 0.0936. The van der Waals surface area contributed by atoms with Gasteiger partial charge in [0.05, 0.1) is 32.2 Å². The molecule has 3 aromatic rings. The molecule has 4 nitrogen and oxygen atoms in total. The fourth-order valence-corrected chi connectivity index (χ4v) is 3.88. The van der Waals surface area contributed by atoms with Crippen LogP contribution < -0.4 is 0 Å². The molecule has 0 bridgehead atoms. The predicted molar refractivity (Wildman–Crippen MR) is 85.3 cm³/mol. The van der Waals surface area contributed by atoms with Crippen LogP contribution in [0.3, 0.4) is 0 Å². The second-order valence-corrected chi connectivity index (χ2v) is 6.74. The average molecular weight is 325 g/mol. The SMILES string of the molecule is Cc1nc(C)c(C(C)n2c(=S)[nH]c3cc(Cl)cnc32)s1. The first-order valence-electron chi connectivity index (χ1n) is 6.17. The summed E-state index contributed by atoms with van der Waals surface area (Å²) in [6.45, 7) is 6.15. The summed E-state index contributed by atoms with van der Waals surface area (Å²) in [5, 5.41) is 1.66. The third-order valence-corrected chi connectivity index (χ3v) is 4.98. The van der Waals surface area contributed by atoms with E-state index in [-0.39, 0.29) is 6.04 Å². The molecule has 0 saturated heterocycles. The fourth-order valence-electron chi connectivity index (χ4n) is 2.40. The first-order valence-corrected chi connectivity index (χ1v) is 7.77. The molecule has 7 heteroatoms. The zero-order valence-corrected chi connectivity index (χ0v) is 13.7. The third kappa shape index (κ3) is 2.17. The molecule has 3 heterocycles.